The third-order valence-corrected chi connectivity index (χ3v) is 8.86. The average Bonchev–Trinajstić information content (AvgIpc) is 3.11. The van der Waals surface area contributed by atoms with E-state index in [0.717, 1.165) is 64.2 Å². The lowest BCUT2D eigenvalue weighted by molar-refractivity contribution is -0.154. The Morgan fingerprint density at radius 3 is 1.39 bits per heavy atom. The summed E-state index contributed by atoms with van der Waals surface area (Å²) in [6, 6.07) is 0. The fourth-order valence-electron chi connectivity index (χ4n) is 5.77. The quantitative estimate of drug-likeness (QED) is 0.0399. The molecule has 1 unspecified atom stereocenters. The molecule has 1 atom stereocenters. The van der Waals surface area contributed by atoms with E-state index in [9.17, 15) is 9.90 Å². The Balaban J connectivity index is 3.48. The number of hydrogen-bond acceptors (Lipinski definition) is 4. The van der Waals surface area contributed by atoms with Crippen LogP contribution in [0.2, 0.25) is 0 Å². The summed E-state index contributed by atoms with van der Waals surface area (Å²) in [7, 11) is 0. The Hall–Kier alpha value is -1.91. The first-order valence-electron chi connectivity index (χ1n) is 20.9. The summed E-state index contributed by atoms with van der Waals surface area (Å²) in [4.78, 5) is 12.2. The van der Waals surface area contributed by atoms with Crippen LogP contribution < -0.4 is 0 Å². The van der Waals surface area contributed by atoms with Crippen molar-refractivity contribution in [3.8, 4) is 0 Å². The van der Waals surface area contributed by atoms with Crippen LogP contribution in [0.5, 0.6) is 0 Å². The Morgan fingerprint density at radius 1 is 0.510 bits per heavy atom. The van der Waals surface area contributed by atoms with Crippen LogP contribution in [0.4, 0.5) is 0 Å². The molecular formula is C45H80O4. The van der Waals surface area contributed by atoms with Crippen LogP contribution >= 0.6 is 0 Å². The maximum atomic E-state index is 12.2. The molecule has 0 aromatic rings. The van der Waals surface area contributed by atoms with Crippen molar-refractivity contribution in [1.82, 2.24) is 0 Å². The highest BCUT2D eigenvalue weighted by Crippen LogP contribution is 2.14. The third-order valence-electron chi connectivity index (χ3n) is 8.86. The first kappa shape index (κ1) is 47.1. The highest BCUT2D eigenvalue weighted by atomic mass is 16.6. The zero-order valence-electron chi connectivity index (χ0n) is 32.4. The lowest BCUT2D eigenvalue weighted by Crippen LogP contribution is -2.27. The molecule has 0 radical (unpaired) electrons. The molecule has 0 amide bonds. The zero-order valence-corrected chi connectivity index (χ0v) is 32.4. The van der Waals surface area contributed by atoms with Crippen molar-refractivity contribution in [3.05, 3.63) is 60.8 Å². The molecule has 4 nitrogen and oxygen atoms in total. The Labute approximate surface area is 305 Å². The highest BCUT2D eigenvalue weighted by Gasteiger charge is 2.13. The standard InChI is InChI=1S/C45H80O4/c1-3-5-7-9-11-13-15-17-19-20-21-22-23-24-25-27-29-31-33-35-37-39-41-48-43-44(42-46)49-45(47)40-38-36-34-32-30-28-26-18-16-14-12-10-8-6-4-2/h5,7,11,13,17,19,21-22,24-25,44,46H,3-4,6,8-10,12,14-16,18,20,23,26-43H2,1-2H3/b7-5-,13-11-,19-17-,22-21-,25-24-. The van der Waals surface area contributed by atoms with Crippen molar-refractivity contribution >= 4 is 5.97 Å². The maximum absolute atomic E-state index is 12.2. The summed E-state index contributed by atoms with van der Waals surface area (Å²) >= 11 is 0. The van der Waals surface area contributed by atoms with E-state index in [1.165, 1.54) is 109 Å². The van der Waals surface area contributed by atoms with Gasteiger partial charge in [0.2, 0.25) is 0 Å². The molecule has 0 saturated heterocycles. The van der Waals surface area contributed by atoms with Crippen molar-refractivity contribution in [3.63, 3.8) is 0 Å². The summed E-state index contributed by atoms with van der Waals surface area (Å²) in [6.07, 6.45) is 55.6. The molecule has 284 valence electrons. The second kappa shape index (κ2) is 42.3. The Kier molecular flexibility index (Phi) is 40.6. The van der Waals surface area contributed by atoms with E-state index >= 15 is 0 Å². The summed E-state index contributed by atoms with van der Waals surface area (Å²) in [5.41, 5.74) is 0. The molecule has 0 fully saturated rings. The molecule has 0 bridgehead atoms. The average molecular weight is 685 g/mol. The van der Waals surface area contributed by atoms with Gasteiger partial charge in [0.1, 0.15) is 6.10 Å². The third kappa shape index (κ3) is 40.4. The molecule has 0 aromatic carbocycles. The van der Waals surface area contributed by atoms with Crippen LogP contribution in [0.25, 0.3) is 0 Å². The number of unbranched alkanes of at least 4 members (excludes halogenated alkanes) is 20. The second-order valence-corrected chi connectivity index (χ2v) is 13.7. The number of aliphatic hydroxyl groups excluding tert-OH is 1. The monoisotopic (exact) mass is 685 g/mol. The largest absolute Gasteiger partial charge is 0.457 e. The van der Waals surface area contributed by atoms with Gasteiger partial charge in [-0.1, -0.05) is 190 Å². The molecule has 0 rings (SSSR count). The van der Waals surface area contributed by atoms with Gasteiger partial charge in [-0.25, -0.2) is 0 Å². The maximum Gasteiger partial charge on any atom is 0.306 e. The van der Waals surface area contributed by atoms with Gasteiger partial charge in [0, 0.05) is 13.0 Å². The molecular weight excluding hydrogens is 604 g/mol. The van der Waals surface area contributed by atoms with E-state index in [4.69, 9.17) is 9.47 Å². The van der Waals surface area contributed by atoms with Crippen molar-refractivity contribution < 1.29 is 19.4 Å². The SMILES string of the molecule is CC/C=C\C/C=C\C/C=C\C/C=C\C/C=C\CCCCCCCCOCC(CO)OC(=O)CCCCCCCCCCCCCCCCC. The topological polar surface area (TPSA) is 55.8 Å². The van der Waals surface area contributed by atoms with E-state index in [1.54, 1.807) is 0 Å². The minimum atomic E-state index is -0.542. The van der Waals surface area contributed by atoms with Crippen LogP contribution in [0.15, 0.2) is 60.8 Å². The Morgan fingerprint density at radius 2 is 0.918 bits per heavy atom. The lowest BCUT2D eigenvalue weighted by atomic mass is 10.0. The van der Waals surface area contributed by atoms with Gasteiger partial charge in [-0.3, -0.25) is 4.79 Å². The zero-order chi connectivity index (χ0) is 35.6. The van der Waals surface area contributed by atoms with E-state index in [2.05, 4.69) is 74.6 Å². The molecule has 4 heteroatoms. The fourth-order valence-corrected chi connectivity index (χ4v) is 5.77. The number of esters is 1. The molecule has 49 heavy (non-hydrogen) atoms. The van der Waals surface area contributed by atoms with Crippen molar-refractivity contribution in [2.24, 2.45) is 0 Å². The predicted molar refractivity (Wildman–Crippen MR) is 214 cm³/mol. The summed E-state index contributed by atoms with van der Waals surface area (Å²) < 4.78 is 11.1. The van der Waals surface area contributed by atoms with Gasteiger partial charge in [-0.2, -0.15) is 0 Å². The molecule has 0 saturated carbocycles. The summed E-state index contributed by atoms with van der Waals surface area (Å²) in [6.45, 7) is 5.21. The second-order valence-electron chi connectivity index (χ2n) is 13.7. The van der Waals surface area contributed by atoms with Gasteiger partial charge in [-0.05, 0) is 57.8 Å². The van der Waals surface area contributed by atoms with Crippen molar-refractivity contribution in [2.75, 3.05) is 19.8 Å². The predicted octanol–water partition coefficient (Wildman–Crippen LogP) is 13.7. The number of allylic oxidation sites excluding steroid dienone is 10. The molecule has 0 heterocycles. The lowest BCUT2D eigenvalue weighted by Gasteiger charge is -2.15. The summed E-state index contributed by atoms with van der Waals surface area (Å²) in [5, 5.41) is 9.59. The van der Waals surface area contributed by atoms with Crippen LogP contribution in [-0.2, 0) is 14.3 Å². The van der Waals surface area contributed by atoms with E-state index in [-0.39, 0.29) is 19.2 Å². The number of hydrogen-bond donors (Lipinski definition) is 1. The van der Waals surface area contributed by atoms with Crippen LogP contribution in [0, 0.1) is 0 Å². The number of carbonyl (C=O) groups excluding carboxylic acids is 1. The van der Waals surface area contributed by atoms with Gasteiger partial charge in [-0.15, -0.1) is 0 Å². The van der Waals surface area contributed by atoms with Gasteiger partial charge < -0.3 is 14.6 Å². The van der Waals surface area contributed by atoms with Gasteiger partial charge in [0.05, 0.1) is 13.2 Å². The van der Waals surface area contributed by atoms with E-state index in [0.29, 0.717) is 13.0 Å². The van der Waals surface area contributed by atoms with E-state index < -0.39 is 6.10 Å². The molecule has 0 aromatic heterocycles. The van der Waals surface area contributed by atoms with Gasteiger partial charge in [0.25, 0.3) is 0 Å². The molecule has 0 spiro atoms. The van der Waals surface area contributed by atoms with Crippen LogP contribution in [-0.4, -0.2) is 37.0 Å². The first-order chi connectivity index (χ1) is 24.2. The molecule has 1 N–H and O–H groups in total. The minimum Gasteiger partial charge on any atom is -0.457 e. The Bertz CT molecular complexity index is 809. The van der Waals surface area contributed by atoms with Crippen LogP contribution in [0.1, 0.15) is 194 Å². The number of aliphatic hydroxyl groups is 1. The normalized spacial score (nSPS) is 13.0. The smallest absolute Gasteiger partial charge is 0.306 e. The number of carbonyl (C=O) groups is 1. The van der Waals surface area contributed by atoms with Crippen molar-refractivity contribution in [2.45, 2.75) is 200 Å². The minimum absolute atomic E-state index is 0.178. The molecule has 0 aliphatic rings. The number of ether oxygens (including phenoxy) is 2. The van der Waals surface area contributed by atoms with Crippen LogP contribution in [0.3, 0.4) is 0 Å². The number of rotatable bonds is 38. The molecule has 0 aliphatic carbocycles. The summed E-state index contributed by atoms with van der Waals surface area (Å²) in [5.74, 6) is -0.207. The molecule has 0 aliphatic heterocycles. The van der Waals surface area contributed by atoms with Gasteiger partial charge >= 0.3 is 5.97 Å². The van der Waals surface area contributed by atoms with Gasteiger partial charge in [0.15, 0.2) is 0 Å². The highest BCUT2D eigenvalue weighted by molar-refractivity contribution is 5.69. The van der Waals surface area contributed by atoms with Crippen molar-refractivity contribution in [1.29, 1.82) is 0 Å². The fraction of sp³-hybridized carbons (Fsp3) is 0.756. The first-order valence-corrected chi connectivity index (χ1v) is 20.9. The van der Waals surface area contributed by atoms with E-state index in [1.807, 2.05) is 0 Å².